The van der Waals surface area contributed by atoms with Crippen molar-refractivity contribution in [2.24, 2.45) is 4.99 Å². The lowest BCUT2D eigenvalue weighted by Gasteiger charge is -2.21. The van der Waals surface area contributed by atoms with Crippen LogP contribution < -0.4 is 14.4 Å². The van der Waals surface area contributed by atoms with Crippen molar-refractivity contribution in [3.63, 3.8) is 0 Å². The van der Waals surface area contributed by atoms with Crippen LogP contribution >= 0.6 is 0 Å². The molecule has 0 aromatic heterocycles. The lowest BCUT2D eigenvalue weighted by atomic mass is 10.1. The summed E-state index contributed by atoms with van der Waals surface area (Å²) >= 11 is 0. The van der Waals surface area contributed by atoms with Gasteiger partial charge in [-0.05, 0) is 42.5 Å². The van der Waals surface area contributed by atoms with Crippen LogP contribution in [0, 0.1) is 0 Å². The van der Waals surface area contributed by atoms with Crippen LogP contribution in [0.4, 0.5) is 11.4 Å². The van der Waals surface area contributed by atoms with Gasteiger partial charge in [0.05, 0.1) is 33.7 Å². The topological polar surface area (TPSA) is 51.1 Å². The summed E-state index contributed by atoms with van der Waals surface area (Å²) in [6.45, 7) is 6.58. The highest BCUT2D eigenvalue weighted by molar-refractivity contribution is 6.91. The fourth-order valence-corrected chi connectivity index (χ4v) is 5.37. The quantitative estimate of drug-likeness (QED) is 0.740. The second kappa shape index (κ2) is 6.09. The summed E-state index contributed by atoms with van der Waals surface area (Å²) in [5.74, 6) is 2.26. The Morgan fingerprint density at radius 1 is 0.926 bits per heavy atom. The molecule has 0 saturated carbocycles. The van der Waals surface area contributed by atoms with Crippen LogP contribution in [-0.2, 0) is 4.79 Å². The van der Waals surface area contributed by atoms with E-state index in [1.54, 1.807) is 19.1 Å². The zero-order chi connectivity index (χ0) is 19.3. The van der Waals surface area contributed by atoms with Gasteiger partial charge in [-0.25, -0.2) is 4.99 Å². The Hall–Kier alpha value is -2.86. The van der Waals surface area contributed by atoms with Gasteiger partial charge in [-0.1, -0.05) is 19.6 Å². The smallest absolute Gasteiger partial charge is 0.256 e. The molecule has 0 atom stereocenters. The maximum Gasteiger partial charge on any atom is 0.256 e. The van der Waals surface area contributed by atoms with Gasteiger partial charge in [-0.3, -0.25) is 9.69 Å². The Morgan fingerprint density at radius 3 is 2.15 bits per heavy atom. The number of anilines is 1. The molecule has 27 heavy (non-hydrogen) atoms. The molecule has 0 N–H and O–H groups in total. The summed E-state index contributed by atoms with van der Waals surface area (Å²) in [7, 11) is 1.36. The third-order valence-electron chi connectivity index (χ3n) is 4.88. The standard InChI is InChI=1S/C21H22N2O3Si/c1-25-14-8-6-13(7-9-14)23-20-18(19(21(23)24)27(3,4)5)16-12-15(26-2)10-11-17(16)22-20/h6-12H,1-5H3. The number of rotatable bonds is 4. The zero-order valence-corrected chi connectivity index (χ0v) is 17.2. The largest absolute Gasteiger partial charge is 0.497 e. The van der Waals surface area contributed by atoms with Crippen LogP contribution in [0.1, 0.15) is 5.56 Å². The summed E-state index contributed by atoms with van der Waals surface area (Å²) < 4.78 is 10.6. The van der Waals surface area contributed by atoms with Crippen LogP contribution in [0.3, 0.4) is 0 Å². The molecule has 0 saturated heterocycles. The second-order valence-electron chi connectivity index (χ2n) is 7.66. The van der Waals surface area contributed by atoms with Crippen molar-refractivity contribution in [2.75, 3.05) is 19.1 Å². The van der Waals surface area contributed by atoms with Crippen LogP contribution in [0.25, 0.3) is 5.57 Å². The highest BCUT2D eigenvalue weighted by Crippen LogP contribution is 2.46. The Balaban J connectivity index is 1.90. The molecule has 0 bridgehead atoms. The number of hydrogen-bond donors (Lipinski definition) is 0. The van der Waals surface area contributed by atoms with Gasteiger partial charge in [-0.2, -0.15) is 0 Å². The van der Waals surface area contributed by atoms with Crippen LogP contribution in [0.15, 0.2) is 52.7 Å². The average Bonchev–Trinajstić information content (AvgIpc) is 3.13. The molecule has 2 aromatic carbocycles. The van der Waals surface area contributed by atoms with Crippen LogP contribution in [0.2, 0.25) is 19.6 Å². The fraction of sp³-hybridized carbons (Fsp3) is 0.238. The number of hydrogen-bond acceptors (Lipinski definition) is 4. The number of amides is 1. The van der Waals surface area contributed by atoms with E-state index in [0.717, 1.165) is 39.2 Å². The van der Waals surface area contributed by atoms with Crippen molar-refractivity contribution >= 4 is 36.8 Å². The molecular formula is C21H22N2O3Si. The molecule has 0 radical (unpaired) electrons. The lowest BCUT2D eigenvalue weighted by molar-refractivity contribution is -0.113. The Bertz CT molecular complexity index is 1000. The number of carbonyl (C=O) groups excluding carboxylic acids is 1. The summed E-state index contributed by atoms with van der Waals surface area (Å²) in [6.07, 6.45) is 0. The number of fused-ring (bicyclic) bond motifs is 3. The molecule has 6 heteroatoms. The van der Waals surface area contributed by atoms with E-state index in [9.17, 15) is 4.79 Å². The summed E-state index contributed by atoms with van der Waals surface area (Å²) in [5.41, 5.74) is 3.61. The van der Waals surface area contributed by atoms with E-state index in [0.29, 0.717) is 5.84 Å². The first-order chi connectivity index (χ1) is 12.8. The first-order valence-electron chi connectivity index (χ1n) is 8.86. The second-order valence-corrected chi connectivity index (χ2v) is 12.7. The van der Waals surface area contributed by atoms with E-state index in [-0.39, 0.29) is 5.91 Å². The molecule has 138 valence electrons. The highest BCUT2D eigenvalue weighted by Gasteiger charge is 2.46. The molecule has 1 amide bonds. The third kappa shape index (κ3) is 2.68. The minimum Gasteiger partial charge on any atom is -0.497 e. The number of amidine groups is 1. The predicted molar refractivity (Wildman–Crippen MR) is 111 cm³/mol. The molecule has 2 heterocycles. The maximum absolute atomic E-state index is 13.4. The van der Waals surface area contributed by atoms with Gasteiger partial charge in [0.2, 0.25) is 0 Å². The summed E-state index contributed by atoms with van der Waals surface area (Å²) in [5, 5.41) is 0.907. The molecule has 0 spiro atoms. The fourth-order valence-electron chi connectivity index (χ4n) is 3.62. The zero-order valence-electron chi connectivity index (χ0n) is 16.2. The number of benzene rings is 2. The van der Waals surface area contributed by atoms with Crippen molar-refractivity contribution in [3.8, 4) is 11.5 Å². The van der Waals surface area contributed by atoms with Crippen molar-refractivity contribution in [2.45, 2.75) is 19.6 Å². The van der Waals surface area contributed by atoms with Gasteiger partial charge in [0.15, 0.2) is 0 Å². The molecule has 0 aliphatic carbocycles. The van der Waals surface area contributed by atoms with Gasteiger partial charge in [-0.15, -0.1) is 0 Å². The first-order valence-corrected chi connectivity index (χ1v) is 12.4. The number of methoxy groups -OCH3 is 2. The van der Waals surface area contributed by atoms with Crippen molar-refractivity contribution in [3.05, 3.63) is 53.2 Å². The minimum atomic E-state index is -1.92. The van der Waals surface area contributed by atoms with Crippen molar-refractivity contribution in [1.29, 1.82) is 0 Å². The molecule has 5 nitrogen and oxygen atoms in total. The molecule has 0 fully saturated rings. The van der Waals surface area contributed by atoms with E-state index < -0.39 is 8.07 Å². The monoisotopic (exact) mass is 378 g/mol. The number of carbonyl (C=O) groups is 1. The summed E-state index contributed by atoms with van der Waals surface area (Å²) in [6, 6.07) is 13.3. The van der Waals surface area contributed by atoms with Crippen LogP contribution in [0.5, 0.6) is 11.5 Å². The Morgan fingerprint density at radius 2 is 1.56 bits per heavy atom. The third-order valence-corrected chi connectivity index (χ3v) is 6.85. The van der Waals surface area contributed by atoms with E-state index >= 15 is 0 Å². The van der Waals surface area contributed by atoms with Gasteiger partial charge < -0.3 is 9.47 Å². The van der Waals surface area contributed by atoms with Gasteiger partial charge >= 0.3 is 0 Å². The molecule has 2 aliphatic heterocycles. The SMILES string of the molecule is COc1ccc(N2C(=O)C([Si](C)(C)C)=C3C2=Nc2ccc(OC)cc23)cc1. The average molecular weight is 379 g/mol. The number of ether oxygens (including phenoxy) is 2. The molecule has 2 aliphatic rings. The normalized spacial score (nSPS) is 15.7. The van der Waals surface area contributed by atoms with E-state index in [1.807, 2.05) is 42.5 Å². The maximum atomic E-state index is 13.4. The molecule has 4 rings (SSSR count). The molecule has 0 unspecified atom stereocenters. The van der Waals surface area contributed by atoms with Gasteiger partial charge in [0, 0.05) is 16.3 Å². The van der Waals surface area contributed by atoms with Crippen molar-refractivity contribution in [1.82, 2.24) is 0 Å². The highest BCUT2D eigenvalue weighted by atomic mass is 28.3. The first kappa shape index (κ1) is 17.5. The molecule has 2 aromatic rings. The van der Waals surface area contributed by atoms with Crippen molar-refractivity contribution < 1.29 is 14.3 Å². The number of nitrogens with zero attached hydrogens (tertiary/aromatic N) is 2. The van der Waals surface area contributed by atoms with Gasteiger partial charge in [0.1, 0.15) is 17.3 Å². The minimum absolute atomic E-state index is 0.0292. The molecular weight excluding hydrogens is 356 g/mol. The van der Waals surface area contributed by atoms with Gasteiger partial charge in [0.25, 0.3) is 5.91 Å². The Labute approximate surface area is 159 Å². The summed E-state index contributed by atoms with van der Waals surface area (Å²) in [4.78, 5) is 20.0. The van der Waals surface area contributed by atoms with E-state index in [1.165, 1.54) is 0 Å². The number of aliphatic imine (C=N–C) groups is 1. The Kier molecular flexibility index (Phi) is 3.96. The lowest BCUT2D eigenvalue weighted by Crippen LogP contribution is -2.36. The predicted octanol–water partition coefficient (Wildman–Crippen LogP) is 4.43. The van der Waals surface area contributed by atoms with Crippen LogP contribution in [-0.4, -0.2) is 34.0 Å². The van der Waals surface area contributed by atoms with E-state index in [2.05, 4.69) is 19.6 Å². The van der Waals surface area contributed by atoms with E-state index in [4.69, 9.17) is 14.5 Å².